The van der Waals surface area contributed by atoms with Gasteiger partial charge in [-0.1, -0.05) is 18.2 Å². The van der Waals surface area contributed by atoms with Crippen LogP contribution in [0, 0.1) is 6.92 Å². The Balaban J connectivity index is 0.00000312. The molecule has 25 heavy (non-hydrogen) atoms. The van der Waals surface area contributed by atoms with Crippen molar-refractivity contribution in [1.82, 2.24) is 15.5 Å². The van der Waals surface area contributed by atoms with Crippen molar-refractivity contribution < 1.29 is 9.84 Å². The predicted molar refractivity (Wildman–Crippen MR) is 102 cm³/mol. The molecule has 2 aromatic rings. The number of H-pyrrole nitrogens is 1. The zero-order chi connectivity index (χ0) is 17.7. The molecule has 7 heteroatoms. The highest BCUT2D eigenvalue weighted by Gasteiger charge is 2.15. The Hall–Kier alpha value is -1.89. The van der Waals surface area contributed by atoms with Crippen molar-refractivity contribution in [1.29, 1.82) is 0 Å². The molecule has 2 rings (SSSR count). The van der Waals surface area contributed by atoms with Gasteiger partial charge in [0.25, 0.3) is 5.56 Å². The van der Waals surface area contributed by atoms with Gasteiger partial charge in [-0.05, 0) is 33.8 Å². The first-order valence-electron chi connectivity index (χ1n) is 7.97. The number of ether oxygens (including phenoxy) is 1. The highest BCUT2D eigenvalue weighted by molar-refractivity contribution is 5.85. The molecule has 0 radical (unpaired) electrons. The molecule has 0 spiro atoms. The van der Waals surface area contributed by atoms with Gasteiger partial charge in [-0.2, -0.15) is 5.10 Å². The molecule has 0 bridgehead atoms. The van der Waals surface area contributed by atoms with Crippen LogP contribution in [0.3, 0.4) is 0 Å². The molecular formula is C18H26ClN3O3. The minimum absolute atomic E-state index is 0. The number of nitrogens with one attached hydrogen (secondary N) is 2. The summed E-state index contributed by atoms with van der Waals surface area (Å²) < 4.78 is 5.78. The number of aromatic amines is 1. The van der Waals surface area contributed by atoms with Crippen LogP contribution in [0.25, 0.3) is 11.1 Å². The van der Waals surface area contributed by atoms with Crippen molar-refractivity contribution in [3.05, 3.63) is 46.4 Å². The van der Waals surface area contributed by atoms with Crippen LogP contribution in [0.1, 0.15) is 26.3 Å². The second kappa shape index (κ2) is 8.99. The van der Waals surface area contributed by atoms with E-state index < -0.39 is 6.10 Å². The number of aromatic nitrogens is 2. The number of halogens is 1. The molecule has 0 saturated heterocycles. The Labute approximate surface area is 154 Å². The van der Waals surface area contributed by atoms with Crippen LogP contribution in [-0.2, 0) is 0 Å². The minimum atomic E-state index is -0.629. The lowest BCUT2D eigenvalue weighted by Crippen LogP contribution is -2.42. The number of aliphatic hydroxyl groups is 1. The summed E-state index contributed by atoms with van der Waals surface area (Å²) in [5.74, 6) is 0.614. The van der Waals surface area contributed by atoms with Crippen LogP contribution in [0.15, 0.2) is 35.3 Å². The third-order valence-electron chi connectivity index (χ3n) is 3.58. The quantitative estimate of drug-likeness (QED) is 0.729. The van der Waals surface area contributed by atoms with Gasteiger partial charge in [-0.3, -0.25) is 4.79 Å². The van der Waals surface area contributed by atoms with Crippen molar-refractivity contribution >= 4 is 12.4 Å². The fraction of sp³-hybridized carbons (Fsp3) is 0.444. The molecule has 0 saturated carbocycles. The predicted octanol–water partition coefficient (Wildman–Crippen LogP) is 2.29. The first-order valence-corrected chi connectivity index (χ1v) is 7.97. The number of hydrogen-bond acceptors (Lipinski definition) is 5. The lowest BCUT2D eigenvalue weighted by Gasteiger charge is -2.23. The molecule has 0 aliphatic rings. The van der Waals surface area contributed by atoms with Gasteiger partial charge in [0.05, 0.1) is 6.20 Å². The average molecular weight is 368 g/mol. The summed E-state index contributed by atoms with van der Waals surface area (Å²) >= 11 is 0. The standard InChI is InChI=1S/C18H25N3O3.ClH/c1-12-15(10-20-21-17(12)23)14-7-5-6-8-16(14)24-11-13(22)9-19-18(2,3)4;/h5-8,10,13,19,22H,9,11H2,1-4H3,(H,21,23);1H. The molecule has 0 aliphatic heterocycles. The van der Waals surface area contributed by atoms with Gasteiger partial charge in [0.15, 0.2) is 0 Å². The van der Waals surface area contributed by atoms with Crippen LogP contribution >= 0.6 is 12.4 Å². The number of benzene rings is 1. The molecule has 1 aromatic heterocycles. The summed E-state index contributed by atoms with van der Waals surface area (Å²) in [6.07, 6.45) is 0.979. The van der Waals surface area contributed by atoms with Gasteiger partial charge in [-0.25, -0.2) is 5.10 Å². The zero-order valence-corrected chi connectivity index (χ0v) is 15.8. The number of para-hydroxylation sites is 1. The van der Waals surface area contributed by atoms with E-state index in [1.54, 1.807) is 13.1 Å². The first kappa shape index (κ1) is 21.2. The fourth-order valence-electron chi connectivity index (χ4n) is 2.21. The second-order valence-corrected chi connectivity index (χ2v) is 6.83. The normalized spacial score (nSPS) is 12.4. The lowest BCUT2D eigenvalue weighted by atomic mass is 10.0. The van der Waals surface area contributed by atoms with E-state index in [0.717, 1.165) is 11.1 Å². The summed E-state index contributed by atoms with van der Waals surface area (Å²) in [5.41, 5.74) is 1.79. The molecule has 0 fully saturated rings. The number of β-amino-alcohol motifs (C(OH)–C–C–N with tert-alkyl or cyclic N) is 1. The van der Waals surface area contributed by atoms with Crippen molar-refractivity contribution in [2.75, 3.05) is 13.2 Å². The van der Waals surface area contributed by atoms with E-state index in [2.05, 4.69) is 15.5 Å². The maximum Gasteiger partial charge on any atom is 0.267 e. The SMILES string of the molecule is Cc1c(-c2ccccc2OCC(O)CNC(C)(C)C)cn[nH]c1=O.Cl. The van der Waals surface area contributed by atoms with Crippen molar-refractivity contribution in [3.63, 3.8) is 0 Å². The number of hydrogen-bond donors (Lipinski definition) is 3. The Kier molecular flexibility index (Phi) is 7.60. The molecule has 138 valence electrons. The molecule has 0 aliphatic carbocycles. The average Bonchev–Trinajstić information content (AvgIpc) is 2.53. The molecular weight excluding hydrogens is 342 g/mol. The van der Waals surface area contributed by atoms with Crippen LogP contribution < -0.4 is 15.6 Å². The monoisotopic (exact) mass is 367 g/mol. The van der Waals surface area contributed by atoms with Crippen LogP contribution in [-0.4, -0.2) is 40.1 Å². The second-order valence-electron chi connectivity index (χ2n) is 6.83. The van der Waals surface area contributed by atoms with Gasteiger partial charge in [0.2, 0.25) is 0 Å². The first-order chi connectivity index (χ1) is 11.3. The zero-order valence-electron chi connectivity index (χ0n) is 15.0. The smallest absolute Gasteiger partial charge is 0.267 e. The summed E-state index contributed by atoms with van der Waals surface area (Å²) in [6.45, 7) is 8.47. The third kappa shape index (κ3) is 6.16. The lowest BCUT2D eigenvalue weighted by molar-refractivity contribution is 0.100. The van der Waals surface area contributed by atoms with Crippen molar-refractivity contribution in [3.8, 4) is 16.9 Å². The number of aliphatic hydroxyl groups excluding tert-OH is 1. The molecule has 6 nitrogen and oxygen atoms in total. The molecule has 1 aromatic carbocycles. The largest absolute Gasteiger partial charge is 0.490 e. The Morgan fingerprint density at radius 2 is 1.96 bits per heavy atom. The van der Waals surface area contributed by atoms with Gasteiger partial charge < -0.3 is 15.2 Å². The van der Waals surface area contributed by atoms with E-state index in [4.69, 9.17) is 4.74 Å². The van der Waals surface area contributed by atoms with Gasteiger partial charge >= 0.3 is 0 Å². The van der Waals surface area contributed by atoms with Crippen LogP contribution in [0.4, 0.5) is 0 Å². The summed E-state index contributed by atoms with van der Waals surface area (Å²) in [6, 6.07) is 7.42. The fourth-order valence-corrected chi connectivity index (χ4v) is 2.21. The maximum absolute atomic E-state index is 11.8. The number of rotatable bonds is 6. The van der Waals surface area contributed by atoms with E-state index in [1.807, 2.05) is 45.0 Å². The van der Waals surface area contributed by atoms with Gasteiger partial charge in [0, 0.05) is 28.8 Å². The molecule has 3 N–H and O–H groups in total. The van der Waals surface area contributed by atoms with E-state index in [9.17, 15) is 9.90 Å². The van der Waals surface area contributed by atoms with Gasteiger partial charge in [0.1, 0.15) is 18.5 Å². The highest BCUT2D eigenvalue weighted by atomic mass is 35.5. The van der Waals surface area contributed by atoms with Gasteiger partial charge in [-0.15, -0.1) is 12.4 Å². The molecule has 1 unspecified atom stereocenters. The van der Waals surface area contributed by atoms with E-state index in [-0.39, 0.29) is 30.1 Å². The molecule has 1 heterocycles. The Bertz CT molecular complexity index is 741. The minimum Gasteiger partial charge on any atom is -0.490 e. The highest BCUT2D eigenvalue weighted by Crippen LogP contribution is 2.30. The Morgan fingerprint density at radius 3 is 2.64 bits per heavy atom. The summed E-state index contributed by atoms with van der Waals surface area (Å²) in [4.78, 5) is 11.8. The maximum atomic E-state index is 11.8. The van der Waals surface area contributed by atoms with Crippen LogP contribution in [0.5, 0.6) is 5.75 Å². The van der Waals surface area contributed by atoms with Crippen molar-refractivity contribution in [2.24, 2.45) is 0 Å². The number of nitrogens with zero attached hydrogens (tertiary/aromatic N) is 1. The molecule has 1 atom stereocenters. The topological polar surface area (TPSA) is 87.2 Å². The van der Waals surface area contributed by atoms with E-state index >= 15 is 0 Å². The van der Waals surface area contributed by atoms with Crippen molar-refractivity contribution in [2.45, 2.75) is 39.3 Å². The molecule has 0 amide bonds. The summed E-state index contributed by atoms with van der Waals surface area (Å²) in [7, 11) is 0. The summed E-state index contributed by atoms with van der Waals surface area (Å²) in [5, 5.41) is 19.6. The Morgan fingerprint density at radius 1 is 1.28 bits per heavy atom. The van der Waals surface area contributed by atoms with E-state index in [0.29, 0.717) is 17.9 Å². The van der Waals surface area contributed by atoms with Crippen LogP contribution in [0.2, 0.25) is 0 Å². The third-order valence-corrected chi connectivity index (χ3v) is 3.58. The van der Waals surface area contributed by atoms with E-state index in [1.165, 1.54) is 0 Å².